The lowest BCUT2D eigenvalue weighted by atomic mass is 10.2. The molecule has 0 atom stereocenters. The summed E-state index contributed by atoms with van der Waals surface area (Å²) in [5.41, 5.74) is 1.17. The number of rotatable bonds is 4. The number of hydrogen-bond acceptors (Lipinski definition) is 6. The van der Waals surface area contributed by atoms with E-state index >= 15 is 0 Å². The molecule has 0 spiro atoms. The van der Waals surface area contributed by atoms with Crippen LogP contribution in [0.4, 0.5) is 10.1 Å². The first kappa shape index (κ1) is 17.9. The Morgan fingerprint density at radius 3 is 2.96 bits per heavy atom. The van der Waals surface area contributed by atoms with Crippen LogP contribution in [0.1, 0.15) is 11.4 Å². The van der Waals surface area contributed by atoms with E-state index in [9.17, 15) is 9.18 Å². The second kappa shape index (κ2) is 7.28. The zero-order valence-corrected chi connectivity index (χ0v) is 15.3. The highest BCUT2D eigenvalue weighted by Crippen LogP contribution is 2.40. The normalized spacial score (nSPS) is 12.5. The van der Waals surface area contributed by atoms with Gasteiger partial charge in [-0.1, -0.05) is 11.6 Å². The summed E-state index contributed by atoms with van der Waals surface area (Å²) >= 11 is 6.11. The van der Waals surface area contributed by atoms with Gasteiger partial charge in [0.15, 0.2) is 17.3 Å². The maximum absolute atomic E-state index is 14.1. The second-order valence-electron chi connectivity index (χ2n) is 5.86. The van der Waals surface area contributed by atoms with Crippen LogP contribution < -0.4 is 14.8 Å². The van der Waals surface area contributed by atoms with Crippen LogP contribution >= 0.6 is 11.6 Å². The van der Waals surface area contributed by atoms with Gasteiger partial charge < -0.3 is 14.8 Å². The highest BCUT2D eigenvalue weighted by molar-refractivity contribution is 6.32. The summed E-state index contributed by atoms with van der Waals surface area (Å²) in [4.78, 5) is 12.2. The number of ether oxygens (including phenoxy) is 2. The van der Waals surface area contributed by atoms with Crippen molar-refractivity contribution in [2.75, 3.05) is 12.1 Å². The molecule has 1 aliphatic rings. The molecular weight excluding hydrogens is 389 g/mol. The van der Waals surface area contributed by atoms with E-state index in [4.69, 9.17) is 21.1 Å². The van der Waals surface area contributed by atoms with Crippen molar-refractivity contribution in [2.45, 2.75) is 6.92 Å². The van der Waals surface area contributed by atoms with Crippen molar-refractivity contribution in [3.8, 4) is 17.2 Å². The van der Waals surface area contributed by atoms with Crippen molar-refractivity contribution in [2.24, 2.45) is 0 Å². The molecule has 0 saturated carbocycles. The predicted octanol–water partition coefficient (Wildman–Crippen LogP) is 3.14. The Bertz CT molecular complexity index is 1100. The number of tetrazole rings is 1. The maximum atomic E-state index is 14.1. The minimum absolute atomic E-state index is 0.00534. The highest BCUT2D eigenvalue weighted by atomic mass is 35.5. The summed E-state index contributed by atoms with van der Waals surface area (Å²) in [5, 5.41) is 14.0. The number of carbonyl (C=O) groups excluding carboxylic acids is 1. The molecule has 4 rings (SSSR count). The van der Waals surface area contributed by atoms with Gasteiger partial charge in [-0.3, -0.25) is 4.79 Å². The van der Waals surface area contributed by atoms with Crippen LogP contribution in [0.25, 0.3) is 11.8 Å². The molecule has 1 aromatic heterocycles. The number of hydrogen-bond donors (Lipinski definition) is 1. The number of anilines is 1. The molecule has 1 N–H and O–H groups in total. The van der Waals surface area contributed by atoms with Gasteiger partial charge in [-0.25, -0.2) is 4.39 Å². The smallest absolute Gasteiger partial charge is 0.248 e. The first-order chi connectivity index (χ1) is 13.5. The Hall–Kier alpha value is -3.46. The van der Waals surface area contributed by atoms with Crippen molar-refractivity contribution in [1.29, 1.82) is 0 Å². The van der Waals surface area contributed by atoms with E-state index in [-0.39, 0.29) is 12.5 Å². The van der Waals surface area contributed by atoms with Crippen molar-refractivity contribution in [3.05, 3.63) is 58.6 Å². The lowest BCUT2D eigenvalue weighted by Gasteiger charge is -2.07. The van der Waals surface area contributed by atoms with Gasteiger partial charge in [0.1, 0.15) is 5.82 Å². The number of nitrogens with zero attached hydrogens (tertiary/aromatic N) is 4. The first-order valence-electron chi connectivity index (χ1n) is 8.14. The fourth-order valence-electron chi connectivity index (χ4n) is 2.64. The summed E-state index contributed by atoms with van der Waals surface area (Å²) in [6.45, 7) is 1.81. The summed E-state index contributed by atoms with van der Waals surface area (Å²) in [6.07, 6.45) is 2.80. The Labute approximate surface area is 163 Å². The molecule has 0 saturated heterocycles. The molecule has 0 radical (unpaired) electrons. The van der Waals surface area contributed by atoms with Gasteiger partial charge in [-0.05, 0) is 59.3 Å². The lowest BCUT2D eigenvalue weighted by molar-refractivity contribution is -0.111. The molecule has 1 aliphatic heterocycles. The number of nitrogens with one attached hydrogen (secondary N) is 1. The number of carbonyl (C=O) groups is 1. The average Bonchev–Trinajstić information content (AvgIpc) is 3.31. The molecule has 8 nitrogen and oxygen atoms in total. The predicted molar refractivity (Wildman–Crippen MR) is 99.1 cm³/mol. The van der Waals surface area contributed by atoms with Crippen molar-refractivity contribution in [3.63, 3.8) is 0 Å². The van der Waals surface area contributed by atoms with Crippen LogP contribution in [-0.2, 0) is 4.79 Å². The zero-order chi connectivity index (χ0) is 19.7. The molecule has 0 fully saturated rings. The fraction of sp³-hybridized carbons (Fsp3) is 0.111. The number of benzene rings is 2. The van der Waals surface area contributed by atoms with Crippen LogP contribution in [0.3, 0.4) is 0 Å². The molecule has 0 unspecified atom stereocenters. The molecule has 10 heteroatoms. The summed E-state index contributed by atoms with van der Waals surface area (Å²) in [6, 6.07) is 7.52. The minimum Gasteiger partial charge on any atom is -0.454 e. The van der Waals surface area contributed by atoms with Gasteiger partial charge in [0.2, 0.25) is 12.7 Å². The average molecular weight is 402 g/mol. The Balaban J connectivity index is 1.52. The highest BCUT2D eigenvalue weighted by Gasteiger charge is 2.17. The molecular formula is C18H13ClFN5O3. The van der Waals surface area contributed by atoms with Gasteiger partial charge in [-0.2, -0.15) is 4.68 Å². The van der Waals surface area contributed by atoms with E-state index in [0.29, 0.717) is 33.6 Å². The quantitative estimate of drug-likeness (QED) is 0.675. The number of aryl methyl sites for hydroxylation is 1. The molecule has 2 aromatic carbocycles. The van der Waals surface area contributed by atoms with E-state index in [2.05, 4.69) is 20.8 Å². The maximum Gasteiger partial charge on any atom is 0.248 e. The first-order valence-corrected chi connectivity index (χ1v) is 8.52. The lowest BCUT2D eigenvalue weighted by Crippen LogP contribution is -2.10. The Morgan fingerprint density at radius 1 is 1.32 bits per heavy atom. The number of aromatic nitrogens is 4. The number of fused-ring (bicyclic) bond motifs is 1. The van der Waals surface area contributed by atoms with E-state index < -0.39 is 11.7 Å². The molecule has 0 aliphatic carbocycles. The van der Waals surface area contributed by atoms with Crippen molar-refractivity contribution >= 4 is 29.3 Å². The molecule has 142 valence electrons. The van der Waals surface area contributed by atoms with Crippen LogP contribution in [0.5, 0.6) is 11.5 Å². The third-order valence-corrected chi connectivity index (χ3v) is 4.24. The van der Waals surface area contributed by atoms with Gasteiger partial charge >= 0.3 is 0 Å². The van der Waals surface area contributed by atoms with Gasteiger partial charge in [-0.15, -0.1) is 5.10 Å². The Morgan fingerprint density at radius 2 is 2.18 bits per heavy atom. The number of halogens is 2. The van der Waals surface area contributed by atoms with E-state index in [1.54, 1.807) is 19.1 Å². The van der Waals surface area contributed by atoms with Crippen LogP contribution in [0.2, 0.25) is 5.02 Å². The largest absolute Gasteiger partial charge is 0.454 e. The summed E-state index contributed by atoms with van der Waals surface area (Å²) < 4.78 is 26.0. The third-order valence-electron chi connectivity index (χ3n) is 3.95. The van der Waals surface area contributed by atoms with Crippen LogP contribution in [0, 0.1) is 12.7 Å². The van der Waals surface area contributed by atoms with E-state index in [1.807, 2.05) is 0 Å². The van der Waals surface area contributed by atoms with Gasteiger partial charge in [0.05, 0.1) is 16.4 Å². The topological polar surface area (TPSA) is 91.2 Å². The number of amides is 1. The molecule has 2 heterocycles. The minimum atomic E-state index is -0.581. The SMILES string of the molecule is Cc1nnnn1-c1ccc(F)c(NC(=O)/C=C/c2cc(Cl)c3c(c2)OCO3)c1. The third kappa shape index (κ3) is 3.52. The fourth-order valence-corrected chi connectivity index (χ4v) is 2.91. The molecule has 0 bridgehead atoms. The second-order valence-corrected chi connectivity index (χ2v) is 6.27. The van der Waals surface area contributed by atoms with Crippen molar-refractivity contribution in [1.82, 2.24) is 20.2 Å². The Kier molecular flexibility index (Phi) is 4.66. The summed E-state index contributed by atoms with van der Waals surface area (Å²) in [5.74, 6) is 0.409. The molecule has 28 heavy (non-hydrogen) atoms. The summed E-state index contributed by atoms with van der Waals surface area (Å²) in [7, 11) is 0. The zero-order valence-electron chi connectivity index (χ0n) is 14.5. The monoisotopic (exact) mass is 401 g/mol. The van der Waals surface area contributed by atoms with E-state index in [0.717, 1.165) is 0 Å². The van der Waals surface area contributed by atoms with Gasteiger partial charge in [0.25, 0.3) is 0 Å². The molecule has 1 amide bonds. The standard InChI is InChI=1S/C18H13ClFN5O3/c1-10-22-23-24-25(10)12-3-4-14(20)15(8-12)21-17(26)5-2-11-6-13(19)18-16(7-11)27-9-28-18/h2-8H,9H2,1H3,(H,21,26)/b5-2+. The van der Waals surface area contributed by atoms with Crippen molar-refractivity contribution < 1.29 is 18.7 Å². The van der Waals surface area contributed by atoms with Crippen LogP contribution in [-0.4, -0.2) is 32.9 Å². The molecule has 3 aromatic rings. The van der Waals surface area contributed by atoms with Gasteiger partial charge in [0, 0.05) is 6.08 Å². The van der Waals surface area contributed by atoms with E-state index in [1.165, 1.54) is 35.0 Å². The van der Waals surface area contributed by atoms with Crippen LogP contribution in [0.15, 0.2) is 36.4 Å².